The van der Waals surface area contributed by atoms with E-state index in [2.05, 4.69) is 55.8 Å². The van der Waals surface area contributed by atoms with Gasteiger partial charge in [0.25, 0.3) is 0 Å². The van der Waals surface area contributed by atoms with E-state index in [0.717, 1.165) is 43.3 Å². The highest BCUT2D eigenvalue weighted by atomic mass is 15.4. The van der Waals surface area contributed by atoms with Crippen molar-refractivity contribution in [2.75, 3.05) is 16.8 Å². The van der Waals surface area contributed by atoms with Gasteiger partial charge in [-0.05, 0) is 49.6 Å². The molecule has 0 unspecified atom stereocenters. The monoisotopic (exact) mass is 349 g/mol. The van der Waals surface area contributed by atoms with Crippen molar-refractivity contribution in [2.24, 2.45) is 0 Å². The standard InChI is InChI=1S/C19H23N7/c1-3-26-13-16(22-24-26)11-20-18-6-4-5-15-12-25(10-9-17(15)18)19-8-7-14(2)21-23-19/h4-8,13,20H,3,9-12H2,1-2H3. The first-order valence-corrected chi connectivity index (χ1v) is 9.02. The summed E-state index contributed by atoms with van der Waals surface area (Å²) < 4.78 is 1.85. The first kappa shape index (κ1) is 16.5. The second kappa shape index (κ2) is 7.11. The number of rotatable bonds is 5. The Bertz CT molecular complexity index is 885. The van der Waals surface area contributed by atoms with Crippen LogP contribution in [0.1, 0.15) is 29.4 Å². The van der Waals surface area contributed by atoms with E-state index in [-0.39, 0.29) is 0 Å². The van der Waals surface area contributed by atoms with E-state index in [4.69, 9.17) is 0 Å². The lowest BCUT2D eigenvalue weighted by molar-refractivity contribution is 0.626. The molecule has 26 heavy (non-hydrogen) atoms. The lowest BCUT2D eigenvalue weighted by Gasteiger charge is -2.30. The highest BCUT2D eigenvalue weighted by molar-refractivity contribution is 5.58. The number of hydrogen-bond acceptors (Lipinski definition) is 6. The summed E-state index contributed by atoms with van der Waals surface area (Å²) in [5.41, 5.74) is 5.80. The van der Waals surface area contributed by atoms with Gasteiger partial charge < -0.3 is 10.2 Å². The first-order valence-electron chi connectivity index (χ1n) is 9.02. The summed E-state index contributed by atoms with van der Waals surface area (Å²) in [5.74, 6) is 0.941. The Morgan fingerprint density at radius 2 is 2.04 bits per heavy atom. The molecule has 0 radical (unpaired) electrons. The molecule has 0 fully saturated rings. The highest BCUT2D eigenvalue weighted by Gasteiger charge is 2.20. The molecular weight excluding hydrogens is 326 g/mol. The van der Waals surface area contributed by atoms with Crippen LogP contribution in [-0.2, 0) is 26.1 Å². The van der Waals surface area contributed by atoms with Crippen LogP contribution in [0.4, 0.5) is 11.5 Å². The molecule has 3 heterocycles. The van der Waals surface area contributed by atoms with Gasteiger partial charge in [0.2, 0.25) is 0 Å². The number of nitrogens with one attached hydrogen (secondary N) is 1. The normalized spacial score (nSPS) is 13.5. The van der Waals surface area contributed by atoms with Crippen molar-refractivity contribution < 1.29 is 0 Å². The number of benzene rings is 1. The van der Waals surface area contributed by atoms with Gasteiger partial charge in [-0.15, -0.1) is 10.2 Å². The molecule has 0 aliphatic carbocycles. The van der Waals surface area contributed by atoms with Crippen molar-refractivity contribution in [2.45, 2.75) is 39.9 Å². The summed E-state index contributed by atoms with van der Waals surface area (Å²) in [6.07, 6.45) is 2.97. The van der Waals surface area contributed by atoms with Crippen LogP contribution in [0.5, 0.6) is 0 Å². The highest BCUT2D eigenvalue weighted by Crippen LogP contribution is 2.28. The minimum atomic E-state index is 0.684. The van der Waals surface area contributed by atoms with E-state index in [1.54, 1.807) is 0 Å². The molecule has 3 aromatic rings. The number of anilines is 2. The predicted molar refractivity (Wildman–Crippen MR) is 101 cm³/mol. The fraction of sp³-hybridized carbons (Fsp3) is 0.368. The lowest BCUT2D eigenvalue weighted by Crippen LogP contribution is -2.31. The van der Waals surface area contributed by atoms with E-state index >= 15 is 0 Å². The maximum absolute atomic E-state index is 4.33. The van der Waals surface area contributed by atoms with Crippen molar-refractivity contribution in [1.82, 2.24) is 25.2 Å². The van der Waals surface area contributed by atoms with Gasteiger partial charge in [-0.25, -0.2) is 0 Å². The third-order valence-corrected chi connectivity index (χ3v) is 4.74. The molecule has 1 aliphatic rings. The molecule has 0 atom stereocenters. The third-order valence-electron chi connectivity index (χ3n) is 4.74. The van der Waals surface area contributed by atoms with E-state index in [9.17, 15) is 0 Å². The Balaban J connectivity index is 1.48. The summed E-state index contributed by atoms with van der Waals surface area (Å²) in [7, 11) is 0. The molecule has 134 valence electrons. The van der Waals surface area contributed by atoms with Gasteiger partial charge in [0.05, 0.1) is 18.4 Å². The number of hydrogen-bond donors (Lipinski definition) is 1. The number of aromatic nitrogens is 5. The minimum absolute atomic E-state index is 0.684. The zero-order valence-corrected chi connectivity index (χ0v) is 15.2. The van der Waals surface area contributed by atoms with Crippen molar-refractivity contribution in [3.63, 3.8) is 0 Å². The second-order valence-electron chi connectivity index (χ2n) is 6.57. The molecule has 0 spiro atoms. The zero-order valence-electron chi connectivity index (χ0n) is 15.2. The molecule has 0 saturated heterocycles. The molecule has 1 aromatic carbocycles. The van der Waals surface area contributed by atoms with E-state index < -0.39 is 0 Å². The largest absolute Gasteiger partial charge is 0.379 e. The van der Waals surface area contributed by atoms with Gasteiger partial charge in [-0.3, -0.25) is 4.68 Å². The molecular formula is C19H23N7. The SMILES string of the molecule is CCn1cc(CNc2cccc3c2CCN(c2ccc(C)nn2)C3)nn1. The Morgan fingerprint density at radius 1 is 1.12 bits per heavy atom. The average molecular weight is 349 g/mol. The van der Waals surface area contributed by atoms with E-state index in [1.807, 2.05) is 29.9 Å². The summed E-state index contributed by atoms with van der Waals surface area (Å²) in [6, 6.07) is 10.5. The van der Waals surface area contributed by atoms with Crippen LogP contribution in [0.25, 0.3) is 0 Å². The van der Waals surface area contributed by atoms with Crippen LogP contribution in [0, 0.1) is 6.92 Å². The summed E-state index contributed by atoms with van der Waals surface area (Å²) >= 11 is 0. The maximum Gasteiger partial charge on any atom is 0.151 e. The Morgan fingerprint density at radius 3 is 2.81 bits per heavy atom. The zero-order chi connectivity index (χ0) is 17.9. The van der Waals surface area contributed by atoms with Gasteiger partial charge in [0.1, 0.15) is 5.69 Å². The molecule has 7 heteroatoms. The second-order valence-corrected chi connectivity index (χ2v) is 6.57. The molecule has 1 N–H and O–H groups in total. The van der Waals surface area contributed by atoms with Crippen LogP contribution in [0.15, 0.2) is 36.5 Å². The number of fused-ring (bicyclic) bond motifs is 1. The Kier molecular flexibility index (Phi) is 4.51. The topological polar surface area (TPSA) is 71.8 Å². The van der Waals surface area contributed by atoms with Gasteiger partial charge in [-0.2, -0.15) is 5.10 Å². The van der Waals surface area contributed by atoms with Crippen LogP contribution < -0.4 is 10.2 Å². The number of aryl methyl sites for hydroxylation is 2. The average Bonchev–Trinajstić information content (AvgIpc) is 3.14. The Labute approximate surface area is 153 Å². The fourth-order valence-electron chi connectivity index (χ4n) is 3.29. The van der Waals surface area contributed by atoms with Crippen molar-refractivity contribution in [3.8, 4) is 0 Å². The smallest absolute Gasteiger partial charge is 0.151 e. The molecule has 7 nitrogen and oxygen atoms in total. The molecule has 1 aliphatic heterocycles. The number of nitrogens with zero attached hydrogens (tertiary/aromatic N) is 6. The summed E-state index contributed by atoms with van der Waals surface area (Å²) in [6.45, 7) is 7.34. The van der Waals surface area contributed by atoms with Crippen LogP contribution in [0.2, 0.25) is 0 Å². The predicted octanol–water partition coefficient (Wildman–Crippen LogP) is 2.57. The summed E-state index contributed by atoms with van der Waals surface area (Å²) in [5, 5.41) is 20.3. The quantitative estimate of drug-likeness (QED) is 0.763. The van der Waals surface area contributed by atoms with Gasteiger partial charge in [-0.1, -0.05) is 17.3 Å². The molecule has 4 rings (SSSR count). The third kappa shape index (κ3) is 3.37. The van der Waals surface area contributed by atoms with Crippen molar-refractivity contribution in [1.29, 1.82) is 0 Å². The van der Waals surface area contributed by atoms with Crippen LogP contribution in [-0.4, -0.2) is 31.7 Å². The van der Waals surface area contributed by atoms with Gasteiger partial charge in [0, 0.05) is 25.3 Å². The minimum Gasteiger partial charge on any atom is -0.379 e. The van der Waals surface area contributed by atoms with Crippen molar-refractivity contribution in [3.05, 3.63) is 59.0 Å². The van der Waals surface area contributed by atoms with Crippen molar-refractivity contribution >= 4 is 11.5 Å². The van der Waals surface area contributed by atoms with Crippen LogP contribution >= 0.6 is 0 Å². The lowest BCUT2D eigenvalue weighted by atomic mass is 9.97. The maximum atomic E-state index is 4.33. The summed E-state index contributed by atoms with van der Waals surface area (Å²) in [4.78, 5) is 2.28. The van der Waals surface area contributed by atoms with Gasteiger partial charge >= 0.3 is 0 Å². The fourth-order valence-corrected chi connectivity index (χ4v) is 3.29. The molecule has 0 bridgehead atoms. The van der Waals surface area contributed by atoms with E-state index in [1.165, 1.54) is 16.8 Å². The molecule has 2 aromatic heterocycles. The van der Waals surface area contributed by atoms with Gasteiger partial charge in [0.15, 0.2) is 5.82 Å². The Hall–Kier alpha value is -2.96. The molecule has 0 amide bonds. The van der Waals surface area contributed by atoms with Crippen LogP contribution in [0.3, 0.4) is 0 Å². The molecule has 0 saturated carbocycles. The first-order chi connectivity index (χ1) is 12.7. The van der Waals surface area contributed by atoms with E-state index in [0.29, 0.717) is 6.54 Å².